The normalized spacial score (nSPS) is 21.4. The third-order valence-electron chi connectivity index (χ3n) is 6.46. The highest BCUT2D eigenvalue weighted by atomic mass is 16.2. The van der Waals surface area contributed by atoms with E-state index in [1.165, 1.54) is 16.9 Å². The Bertz CT molecular complexity index is 994. The van der Waals surface area contributed by atoms with Gasteiger partial charge in [-0.2, -0.15) is 0 Å². The third-order valence-corrected chi connectivity index (χ3v) is 6.46. The van der Waals surface area contributed by atoms with Gasteiger partial charge in [-0.1, -0.05) is 36.4 Å². The molecule has 0 spiro atoms. The van der Waals surface area contributed by atoms with Crippen LogP contribution in [0.4, 0.5) is 0 Å². The van der Waals surface area contributed by atoms with E-state index in [0.717, 1.165) is 44.6 Å². The minimum absolute atomic E-state index is 0.200. The van der Waals surface area contributed by atoms with Gasteiger partial charge in [-0.25, -0.2) is 0 Å². The van der Waals surface area contributed by atoms with Gasteiger partial charge in [0.05, 0.1) is 0 Å². The number of carbonyl (C=O) groups excluding carboxylic acids is 1. The van der Waals surface area contributed by atoms with Crippen LogP contribution in [-0.2, 0) is 13.0 Å². The Balaban J connectivity index is 1.32. The molecule has 5 rings (SSSR count). The maximum atomic E-state index is 12.8. The molecule has 0 aliphatic carbocycles. The number of para-hydroxylation sites is 1. The second kappa shape index (κ2) is 7.88. The van der Waals surface area contributed by atoms with Crippen molar-refractivity contribution in [3.63, 3.8) is 0 Å². The van der Waals surface area contributed by atoms with E-state index >= 15 is 0 Å². The fourth-order valence-electron chi connectivity index (χ4n) is 4.89. The first kappa shape index (κ1) is 18.2. The van der Waals surface area contributed by atoms with E-state index in [9.17, 15) is 4.79 Å². The summed E-state index contributed by atoms with van der Waals surface area (Å²) < 4.78 is 2.29. The van der Waals surface area contributed by atoms with E-state index in [1.807, 2.05) is 18.2 Å². The second-order valence-corrected chi connectivity index (χ2v) is 8.26. The van der Waals surface area contributed by atoms with E-state index in [1.54, 1.807) is 0 Å². The molecule has 1 amide bonds. The van der Waals surface area contributed by atoms with Crippen LogP contribution in [0.5, 0.6) is 0 Å². The van der Waals surface area contributed by atoms with Crippen LogP contribution in [0.2, 0.25) is 0 Å². The molecule has 1 aromatic heterocycles. The largest absolute Gasteiger partial charge is 0.334 e. The molecule has 0 saturated carbocycles. The number of hydrogen-bond acceptors (Lipinski definition) is 2. The van der Waals surface area contributed by atoms with Crippen LogP contribution in [0.3, 0.4) is 0 Å². The fraction of sp³-hybridized carbons (Fsp3) is 0.320. The lowest BCUT2D eigenvalue weighted by atomic mass is 9.83. The van der Waals surface area contributed by atoms with Crippen molar-refractivity contribution in [1.29, 1.82) is 0 Å². The molecule has 4 nitrogen and oxygen atoms in total. The molecule has 2 aliphatic heterocycles. The van der Waals surface area contributed by atoms with Gasteiger partial charge in [0.15, 0.2) is 0 Å². The number of rotatable bonds is 5. The van der Waals surface area contributed by atoms with Gasteiger partial charge in [0.25, 0.3) is 5.91 Å². The topological polar surface area (TPSA) is 37.3 Å². The first-order chi connectivity index (χ1) is 14.3. The number of aromatic nitrogens is 1. The zero-order valence-electron chi connectivity index (χ0n) is 16.6. The molecule has 2 unspecified atom stereocenters. The summed E-state index contributed by atoms with van der Waals surface area (Å²) in [5.74, 6) is 1.25. The highest BCUT2D eigenvalue weighted by Crippen LogP contribution is 2.29. The molecule has 3 heterocycles. The van der Waals surface area contributed by atoms with Crippen LogP contribution in [0, 0.1) is 11.8 Å². The Kier molecular flexibility index (Phi) is 4.94. The van der Waals surface area contributed by atoms with Crippen LogP contribution in [-0.4, -0.2) is 35.0 Å². The molecular formula is C25H27N3O. The van der Waals surface area contributed by atoms with Crippen molar-refractivity contribution in [2.75, 3.05) is 19.6 Å². The van der Waals surface area contributed by atoms with Crippen molar-refractivity contribution >= 4 is 5.91 Å². The van der Waals surface area contributed by atoms with Gasteiger partial charge < -0.3 is 14.8 Å². The molecule has 4 heteroatoms. The SMILES string of the molecule is O=C1c2ccccc2CN1CC1CCNCC1Cc1cccn1-c1ccccc1. The molecule has 2 aliphatic rings. The Morgan fingerprint density at radius 3 is 2.62 bits per heavy atom. The molecule has 29 heavy (non-hydrogen) atoms. The first-order valence-electron chi connectivity index (χ1n) is 10.6. The van der Waals surface area contributed by atoms with Crippen LogP contribution >= 0.6 is 0 Å². The standard InChI is InChI=1S/C25H27N3O/c29-25-24-11-5-4-7-20(24)18-27(25)17-19-12-13-26-16-21(19)15-23-10-6-14-28(23)22-8-2-1-3-9-22/h1-11,14,19,21,26H,12-13,15-18H2. The summed E-state index contributed by atoms with van der Waals surface area (Å²) in [5, 5.41) is 3.58. The van der Waals surface area contributed by atoms with Crippen LogP contribution in [0.15, 0.2) is 72.9 Å². The van der Waals surface area contributed by atoms with Crippen LogP contribution < -0.4 is 5.32 Å². The van der Waals surface area contributed by atoms with Crippen molar-refractivity contribution < 1.29 is 4.79 Å². The maximum absolute atomic E-state index is 12.8. The number of fused-ring (bicyclic) bond motifs is 1. The summed E-state index contributed by atoms with van der Waals surface area (Å²) in [6.07, 6.45) is 4.29. The zero-order valence-corrected chi connectivity index (χ0v) is 16.6. The van der Waals surface area contributed by atoms with Gasteiger partial charge in [-0.05, 0) is 73.7 Å². The zero-order chi connectivity index (χ0) is 19.6. The molecule has 148 valence electrons. The molecule has 0 bridgehead atoms. The quantitative estimate of drug-likeness (QED) is 0.723. The highest BCUT2D eigenvalue weighted by molar-refractivity contribution is 5.98. The summed E-state index contributed by atoms with van der Waals surface area (Å²) >= 11 is 0. The van der Waals surface area contributed by atoms with Gasteiger partial charge in [-0.15, -0.1) is 0 Å². The molecule has 2 atom stereocenters. The van der Waals surface area contributed by atoms with Crippen LogP contribution in [0.25, 0.3) is 5.69 Å². The van der Waals surface area contributed by atoms with Gasteiger partial charge in [0.1, 0.15) is 0 Å². The number of amides is 1. The number of hydrogen-bond donors (Lipinski definition) is 1. The van der Waals surface area contributed by atoms with Crippen molar-refractivity contribution in [2.24, 2.45) is 11.8 Å². The van der Waals surface area contributed by atoms with Gasteiger partial charge in [0, 0.05) is 36.2 Å². The van der Waals surface area contributed by atoms with E-state index in [2.05, 4.69) is 69.5 Å². The van der Waals surface area contributed by atoms with Gasteiger partial charge >= 0.3 is 0 Å². The van der Waals surface area contributed by atoms with Crippen molar-refractivity contribution in [3.8, 4) is 5.69 Å². The molecule has 0 radical (unpaired) electrons. The number of piperidine rings is 1. The van der Waals surface area contributed by atoms with Gasteiger partial charge in [0.2, 0.25) is 0 Å². The van der Waals surface area contributed by atoms with Crippen LogP contribution in [0.1, 0.15) is 28.0 Å². The lowest BCUT2D eigenvalue weighted by molar-refractivity contribution is 0.0709. The van der Waals surface area contributed by atoms with E-state index in [-0.39, 0.29) is 5.91 Å². The maximum Gasteiger partial charge on any atom is 0.254 e. The van der Waals surface area contributed by atoms with Crippen molar-refractivity contribution in [1.82, 2.24) is 14.8 Å². The number of nitrogens with one attached hydrogen (secondary N) is 1. The van der Waals surface area contributed by atoms with E-state index < -0.39 is 0 Å². The number of benzene rings is 2. The molecule has 3 aromatic rings. The lowest BCUT2D eigenvalue weighted by Crippen LogP contribution is -2.43. The van der Waals surface area contributed by atoms with Crippen molar-refractivity contribution in [3.05, 3.63) is 89.7 Å². The minimum atomic E-state index is 0.200. The Hall–Kier alpha value is -2.85. The number of carbonyl (C=O) groups is 1. The Labute approximate surface area is 172 Å². The molecule has 1 saturated heterocycles. The minimum Gasteiger partial charge on any atom is -0.334 e. The summed E-state index contributed by atoms with van der Waals surface area (Å²) in [4.78, 5) is 14.9. The first-order valence-corrected chi connectivity index (χ1v) is 10.6. The smallest absolute Gasteiger partial charge is 0.254 e. The summed E-state index contributed by atoms with van der Waals surface area (Å²) in [5.41, 5.74) is 4.60. The highest BCUT2D eigenvalue weighted by Gasteiger charge is 2.33. The van der Waals surface area contributed by atoms with E-state index in [0.29, 0.717) is 11.8 Å². The monoisotopic (exact) mass is 385 g/mol. The second-order valence-electron chi connectivity index (χ2n) is 8.26. The Morgan fingerprint density at radius 2 is 1.76 bits per heavy atom. The van der Waals surface area contributed by atoms with E-state index in [4.69, 9.17) is 0 Å². The fourth-order valence-corrected chi connectivity index (χ4v) is 4.89. The predicted molar refractivity (Wildman–Crippen MR) is 115 cm³/mol. The summed E-state index contributed by atoms with van der Waals surface area (Å²) in [6.45, 7) is 3.66. The number of nitrogens with zero attached hydrogens (tertiary/aromatic N) is 2. The molecule has 1 fully saturated rings. The third kappa shape index (κ3) is 3.60. The predicted octanol–water partition coefficient (Wildman–Crippen LogP) is 3.90. The average molecular weight is 386 g/mol. The molecule has 1 N–H and O–H groups in total. The molecule has 2 aromatic carbocycles. The summed E-state index contributed by atoms with van der Waals surface area (Å²) in [6, 6.07) is 22.9. The molecular weight excluding hydrogens is 358 g/mol. The van der Waals surface area contributed by atoms with Gasteiger partial charge in [-0.3, -0.25) is 4.79 Å². The lowest BCUT2D eigenvalue weighted by Gasteiger charge is -2.35. The summed E-state index contributed by atoms with van der Waals surface area (Å²) in [7, 11) is 0. The Morgan fingerprint density at radius 1 is 0.931 bits per heavy atom. The average Bonchev–Trinajstić information content (AvgIpc) is 3.35. The van der Waals surface area contributed by atoms with Crippen molar-refractivity contribution in [2.45, 2.75) is 19.4 Å².